The van der Waals surface area contributed by atoms with Crippen molar-refractivity contribution >= 4 is 5.97 Å². The molecule has 0 aromatic rings. The Morgan fingerprint density at radius 3 is 2.25 bits per heavy atom. The Morgan fingerprint density at radius 2 is 1.70 bits per heavy atom. The van der Waals surface area contributed by atoms with Crippen LogP contribution >= 0.6 is 0 Å². The van der Waals surface area contributed by atoms with E-state index >= 15 is 0 Å². The molecule has 2 rings (SSSR count). The maximum atomic E-state index is 10.8. The summed E-state index contributed by atoms with van der Waals surface area (Å²) in [5.41, 5.74) is 0.392. The van der Waals surface area contributed by atoms with Crippen LogP contribution in [0.15, 0.2) is 0 Å². The van der Waals surface area contributed by atoms with Crippen molar-refractivity contribution in [2.24, 2.45) is 17.3 Å². The lowest BCUT2D eigenvalue weighted by Crippen LogP contribution is -2.49. The fraction of sp³-hybridized carbons (Fsp3) is 0.941. The Labute approximate surface area is 123 Å². The molecule has 3 heteroatoms. The van der Waals surface area contributed by atoms with Gasteiger partial charge in [-0.15, -0.1) is 0 Å². The van der Waals surface area contributed by atoms with Crippen molar-refractivity contribution in [3.05, 3.63) is 0 Å². The van der Waals surface area contributed by atoms with Gasteiger partial charge in [-0.2, -0.15) is 0 Å². The predicted molar refractivity (Wildman–Crippen MR) is 81.8 cm³/mol. The quantitative estimate of drug-likeness (QED) is 0.856. The van der Waals surface area contributed by atoms with Crippen LogP contribution in [0.1, 0.15) is 65.7 Å². The van der Waals surface area contributed by atoms with Gasteiger partial charge in [0.2, 0.25) is 0 Å². The Balaban J connectivity index is 1.92. The van der Waals surface area contributed by atoms with E-state index in [1.807, 2.05) is 0 Å². The molecule has 2 fully saturated rings. The van der Waals surface area contributed by atoms with Crippen LogP contribution in [0.2, 0.25) is 0 Å². The first-order valence-electron chi connectivity index (χ1n) is 8.34. The first-order valence-corrected chi connectivity index (χ1v) is 8.34. The molecular formula is C17H31NO2. The Kier molecular flexibility index (Phi) is 5.11. The van der Waals surface area contributed by atoms with E-state index in [9.17, 15) is 4.79 Å². The van der Waals surface area contributed by atoms with Gasteiger partial charge in [0.25, 0.3) is 0 Å². The van der Waals surface area contributed by atoms with Gasteiger partial charge in [-0.1, -0.05) is 33.6 Å². The molecular weight excluding hydrogens is 250 g/mol. The number of carbonyl (C=O) groups is 1. The van der Waals surface area contributed by atoms with Crippen molar-refractivity contribution in [2.75, 3.05) is 13.1 Å². The summed E-state index contributed by atoms with van der Waals surface area (Å²) in [4.78, 5) is 13.5. The average molecular weight is 281 g/mol. The standard InChI is InChI=1S/C17H31NO2/c1-17(2,3)14-6-4-5-7-15(14)18-10-8-13(9-11-18)12-16(19)20/h13-15H,4-12H2,1-3H3,(H,19,20). The van der Waals surface area contributed by atoms with E-state index in [2.05, 4.69) is 25.7 Å². The van der Waals surface area contributed by atoms with E-state index in [0.717, 1.165) is 37.9 Å². The maximum Gasteiger partial charge on any atom is 0.303 e. The summed E-state index contributed by atoms with van der Waals surface area (Å²) in [6.45, 7) is 9.36. The molecule has 1 aliphatic carbocycles. The fourth-order valence-corrected chi connectivity index (χ4v) is 4.29. The number of carboxylic acid groups (broad SMARTS) is 1. The van der Waals surface area contributed by atoms with Gasteiger partial charge >= 0.3 is 5.97 Å². The molecule has 1 aliphatic heterocycles. The van der Waals surface area contributed by atoms with Gasteiger partial charge in [0.1, 0.15) is 0 Å². The van der Waals surface area contributed by atoms with E-state index in [1.165, 1.54) is 25.7 Å². The van der Waals surface area contributed by atoms with Crippen molar-refractivity contribution < 1.29 is 9.90 Å². The molecule has 1 N–H and O–H groups in total. The molecule has 0 spiro atoms. The third kappa shape index (κ3) is 3.97. The minimum absolute atomic E-state index is 0.362. The van der Waals surface area contributed by atoms with Crippen molar-refractivity contribution in [3.8, 4) is 0 Å². The highest BCUT2D eigenvalue weighted by Crippen LogP contribution is 2.41. The third-order valence-electron chi connectivity index (χ3n) is 5.42. The highest BCUT2D eigenvalue weighted by Gasteiger charge is 2.38. The molecule has 0 amide bonds. The molecule has 2 aliphatic rings. The molecule has 2 unspecified atom stereocenters. The normalized spacial score (nSPS) is 30.4. The number of likely N-dealkylation sites (tertiary alicyclic amines) is 1. The monoisotopic (exact) mass is 281 g/mol. The van der Waals surface area contributed by atoms with Crippen molar-refractivity contribution in [3.63, 3.8) is 0 Å². The Hall–Kier alpha value is -0.570. The number of hydrogen-bond acceptors (Lipinski definition) is 2. The third-order valence-corrected chi connectivity index (χ3v) is 5.42. The van der Waals surface area contributed by atoms with Gasteiger partial charge in [-0.3, -0.25) is 4.79 Å². The second-order valence-corrected chi connectivity index (χ2v) is 7.90. The minimum Gasteiger partial charge on any atom is -0.481 e. The molecule has 1 saturated heterocycles. The summed E-state index contributed by atoms with van der Waals surface area (Å²) in [6.07, 6.45) is 7.95. The molecule has 1 saturated carbocycles. The topological polar surface area (TPSA) is 40.5 Å². The van der Waals surface area contributed by atoms with Gasteiger partial charge in [-0.05, 0) is 56.0 Å². The van der Waals surface area contributed by atoms with Crippen LogP contribution in [-0.4, -0.2) is 35.1 Å². The van der Waals surface area contributed by atoms with Crippen LogP contribution in [0.3, 0.4) is 0 Å². The van der Waals surface area contributed by atoms with Gasteiger partial charge in [0, 0.05) is 12.5 Å². The number of aliphatic carboxylic acids is 1. The second-order valence-electron chi connectivity index (χ2n) is 7.90. The largest absolute Gasteiger partial charge is 0.481 e. The van der Waals surface area contributed by atoms with Gasteiger partial charge in [-0.25, -0.2) is 0 Å². The summed E-state index contributed by atoms with van der Waals surface area (Å²) in [7, 11) is 0. The first kappa shape index (κ1) is 15.8. The molecule has 1 heterocycles. The molecule has 116 valence electrons. The Bertz CT molecular complexity index is 326. The molecule has 20 heavy (non-hydrogen) atoms. The smallest absolute Gasteiger partial charge is 0.303 e. The summed E-state index contributed by atoms with van der Waals surface area (Å²) in [5.74, 6) is 0.571. The SMILES string of the molecule is CC(C)(C)C1CCCCC1N1CCC(CC(=O)O)CC1. The van der Waals surface area contributed by atoms with Gasteiger partial charge < -0.3 is 10.0 Å². The van der Waals surface area contributed by atoms with Crippen LogP contribution < -0.4 is 0 Å². The van der Waals surface area contributed by atoms with Crippen LogP contribution in [0, 0.1) is 17.3 Å². The number of hydrogen-bond donors (Lipinski definition) is 1. The van der Waals surface area contributed by atoms with E-state index in [0.29, 0.717) is 17.8 Å². The second kappa shape index (κ2) is 6.46. The van der Waals surface area contributed by atoms with Crippen molar-refractivity contribution in [1.29, 1.82) is 0 Å². The zero-order valence-corrected chi connectivity index (χ0v) is 13.4. The minimum atomic E-state index is -0.631. The molecule has 0 bridgehead atoms. The lowest BCUT2D eigenvalue weighted by Gasteiger charge is -2.48. The number of nitrogens with zero attached hydrogens (tertiary/aromatic N) is 1. The van der Waals surface area contributed by atoms with Crippen molar-refractivity contribution in [1.82, 2.24) is 4.90 Å². The van der Waals surface area contributed by atoms with Crippen LogP contribution in [0.25, 0.3) is 0 Å². The van der Waals surface area contributed by atoms with Crippen LogP contribution in [0.4, 0.5) is 0 Å². The summed E-state index contributed by atoms with van der Waals surface area (Å²) < 4.78 is 0. The lowest BCUT2D eigenvalue weighted by atomic mass is 9.68. The zero-order chi connectivity index (χ0) is 14.8. The van der Waals surface area contributed by atoms with Gasteiger partial charge in [0.05, 0.1) is 0 Å². The van der Waals surface area contributed by atoms with E-state index < -0.39 is 5.97 Å². The lowest BCUT2D eigenvalue weighted by molar-refractivity contribution is -0.138. The average Bonchev–Trinajstić information content (AvgIpc) is 2.38. The fourth-order valence-electron chi connectivity index (χ4n) is 4.29. The molecule has 0 radical (unpaired) electrons. The van der Waals surface area contributed by atoms with E-state index in [1.54, 1.807) is 0 Å². The Morgan fingerprint density at radius 1 is 1.10 bits per heavy atom. The zero-order valence-electron chi connectivity index (χ0n) is 13.4. The number of carboxylic acids is 1. The highest BCUT2D eigenvalue weighted by atomic mass is 16.4. The molecule has 0 aromatic heterocycles. The summed E-state index contributed by atoms with van der Waals surface area (Å²) in [6, 6.07) is 0.731. The van der Waals surface area contributed by atoms with Crippen molar-refractivity contribution in [2.45, 2.75) is 71.8 Å². The molecule has 2 atom stereocenters. The molecule has 0 aromatic carbocycles. The maximum absolute atomic E-state index is 10.8. The first-order chi connectivity index (χ1) is 9.38. The van der Waals surface area contributed by atoms with Crippen LogP contribution in [0.5, 0.6) is 0 Å². The summed E-state index contributed by atoms with van der Waals surface area (Å²) in [5, 5.41) is 8.92. The van der Waals surface area contributed by atoms with E-state index in [-0.39, 0.29) is 0 Å². The predicted octanol–water partition coefficient (Wildman–Crippen LogP) is 3.78. The van der Waals surface area contributed by atoms with E-state index in [4.69, 9.17) is 5.11 Å². The highest BCUT2D eigenvalue weighted by molar-refractivity contribution is 5.67. The van der Waals surface area contributed by atoms with Gasteiger partial charge in [0.15, 0.2) is 0 Å². The van der Waals surface area contributed by atoms with Crippen LogP contribution in [-0.2, 0) is 4.79 Å². The summed E-state index contributed by atoms with van der Waals surface area (Å²) >= 11 is 0. The number of piperidine rings is 1. The molecule has 3 nitrogen and oxygen atoms in total. The number of rotatable bonds is 3.